The van der Waals surface area contributed by atoms with Crippen LogP contribution in [0.2, 0.25) is 0 Å². The fourth-order valence-electron chi connectivity index (χ4n) is 2.74. The monoisotopic (exact) mass is 322 g/mol. The van der Waals surface area contributed by atoms with Gasteiger partial charge in [0.15, 0.2) is 17.3 Å². The zero-order chi connectivity index (χ0) is 17.6. The zero-order valence-electron chi connectivity index (χ0n) is 14.1. The Morgan fingerprint density at radius 2 is 1.08 bits per heavy atom. The van der Waals surface area contributed by atoms with Gasteiger partial charge in [0.05, 0.1) is 0 Å². The standard InChI is InChI=1S/C21H22O3/c1-3-18(22)21(2,19(23)14-16-10-6-4-7-11-16)20(24)15-17-12-8-5-9-13-17/h4-13H,3,14-15H2,1-2H3. The van der Waals surface area contributed by atoms with Crippen LogP contribution in [0.25, 0.3) is 0 Å². The SMILES string of the molecule is CCC(=O)C(C)(C(=O)Cc1ccccc1)C(=O)Cc1ccccc1. The van der Waals surface area contributed by atoms with Crippen molar-refractivity contribution in [3.63, 3.8) is 0 Å². The lowest BCUT2D eigenvalue weighted by molar-refractivity contribution is -0.147. The topological polar surface area (TPSA) is 51.2 Å². The van der Waals surface area contributed by atoms with Crippen LogP contribution in [0.15, 0.2) is 60.7 Å². The van der Waals surface area contributed by atoms with E-state index >= 15 is 0 Å². The van der Waals surface area contributed by atoms with Crippen LogP contribution in [0, 0.1) is 5.41 Å². The molecule has 0 aliphatic carbocycles. The van der Waals surface area contributed by atoms with Gasteiger partial charge >= 0.3 is 0 Å². The molecule has 0 unspecified atom stereocenters. The highest BCUT2D eigenvalue weighted by Gasteiger charge is 2.45. The van der Waals surface area contributed by atoms with Crippen molar-refractivity contribution in [2.45, 2.75) is 33.1 Å². The normalized spacial score (nSPS) is 11.1. The smallest absolute Gasteiger partial charge is 0.157 e. The molecule has 3 nitrogen and oxygen atoms in total. The lowest BCUT2D eigenvalue weighted by Gasteiger charge is -2.25. The Kier molecular flexibility index (Phi) is 5.80. The van der Waals surface area contributed by atoms with Gasteiger partial charge in [-0.2, -0.15) is 0 Å². The first kappa shape index (κ1) is 17.8. The minimum atomic E-state index is -1.58. The summed E-state index contributed by atoms with van der Waals surface area (Å²) in [5, 5.41) is 0. The number of hydrogen-bond acceptors (Lipinski definition) is 3. The molecule has 2 aromatic carbocycles. The molecule has 0 bridgehead atoms. The van der Waals surface area contributed by atoms with Gasteiger partial charge in [-0.3, -0.25) is 14.4 Å². The summed E-state index contributed by atoms with van der Waals surface area (Å²) in [4.78, 5) is 38.1. The summed E-state index contributed by atoms with van der Waals surface area (Å²) in [6.07, 6.45) is 0.338. The van der Waals surface area contributed by atoms with Crippen LogP contribution in [0.5, 0.6) is 0 Å². The summed E-state index contributed by atoms with van der Waals surface area (Å²) >= 11 is 0. The van der Waals surface area contributed by atoms with E-state index in [9.17, 15) is 14.4 Å². The Hall–Kier alpha value is -2.55. The summed E-state index contributed by atoms with van der Waals surface area (Å²) in [7, 11) is 0. The number of carbonyl (C=O) groups is 3. The Morgan fingerprint density at radius 3 is 1.42 bits per heavy atom. The molecular formula is C21H22O3. The predicted molar refractivity (Wildman–Crippen MR) is 93.7 cm³/mol. The Morgan fingerprint density at radius 1 is 0.708 bits per heavy atom. The number of carbonyl (C=O) groups excluding carboxylic acids is 3. The van der Waals surface area contributed by atoms with Crippen molar-refractivity contribution in [2.75, 3.05) is 0 Å². The number of Topliss-reactive ketones (excluding diaryl/α,β-unsaturated/α-hetero) is 3. The van der Waals surface area contributed by atoms with Crippen molar-refractivity contribution < 1.29 is 14.4 Å². The van der Waals surface area contributed by atoms with Crippen LogP contribution in [-0.2, 0) is 27.2 Å². The van der Waals surface area contributed by atoms with E-state index in [4.69, 9.17) is 0 Å². The zero-order valence-corrected chi connectivity index (χ0v) is 14.1. The van der Waals surface area contributed by atoms with Crippen molar-refractivity contribution in [2.24, 2.45) is 5.41 Å². The largest absolute Gasteiger partial charge is 0.298 e. The second-order valence-electron chi connectivity index (χ2n) is 6.07. The fraction of sp³-hybridized carbons (Fsp3) is 0.286. The van der Waals surface area contributed by atoms with Gasteiger partial charge in [-0.1, -0.05) is 67.6 Å². The van der Waals surface area contributed by atoms with Gasteiger partial charge < -0.3 is 0 Å². The molecule has 24 heavy (non-hydrogen) atoms. The molecule has 0 saturated carbocycles. The van der Waals surface area contributed by atoms with Gasteiger partial charge in [0.2, 0.25) is 0 Å². The lowest BCUT2D eigenvalue weighted by atomic mass is 9.73. The van der Waals surface area contributed by atoms with Gasteiger partial charge in [0.25, 0.3) is 0 Å². The molecule has 0 saturated heterocycles. The highest BCUT2D eigenvalue weighted by Crippen LogP contribution is 2.26. The van der Waals surface area contributed by atoms with E-state index in [0.29, 0.717) is 0 Å². The lowest BCUT2D eigenvalue weighted by Crippen LogP contribution is -2.45. The number of ketones is 3. The summed E-state index contributed by atoms with van der Waals surface area (Å²) < 4.78 is 0. The van der Waals surface area contributed by atoms with Gasteiger partial charge in [-0.15, -0.1) is 0 Å². The third-order valence-electron chi connectivity index (χ3n) is 4.41. The van der Waals surface area contributed by atoms with Crippen molar-refractivity contribution >= 4 is 17.3 Å². The van der Waals surface area contributed by atoms with Crippen molar-refractivity contribution in [3.8, 4) is 0 Å². The van der Waals surface area contributed by atoms with E-state index < -0.39 is 5.41 Å². The van der Waals surface area contributed by atoms with E-state index in [1.54, 1.807) is 6.92 Å². The third kappa shape index (κ3) is 3.85. The Labute approximate surface area is 142 Å². The molecule has 0 aromatic heterocycles. The van der Waals surface area contributed by atoms with Gasteiger partial charge in [0, 0.05) is 19.3 Å². The van der Waals surface area contributed by atoms with E-state index in [0.717, 1.165) is 11.1 Å². The molecule has 0 radical (unpaired) electrons. The average molecular weight is 322 g/mol. The molecule has 0 fully saturated rings. The maximum atomic E-state index is 12.8. The van der Waals surface area contributed by atoms with E-state index in [-0.39, 0.29) is 36.6 Å². The fourth-order valence-corrected chi connectivity index (χ4v) is 2.74. The highest BCUT2D eigenvalue weighted by molar-refractivity contribution is 6.24. The minimum Gasteiger partial charge on any atom is -0.298 e. The van der Waals surface area contributed by atoms with Crippen molar-refractivity contribution in [3.05, 3.63) is 71.8 Å². The number of rotatable bonds is 8. The van der Waals surface area contributed by atoms with Crippen LogP contribution in [0.1, 0.15) is 31.4 Å². The molecule has 0 N–H and O–H groups in total. The Balaban J connectivity index is 2.26. The molecule has 0 aliphatic heterocycles. The first-order chi connectivity index (χ1) is 11.5. The summed E-state index contributed by atoms with van der Waals surface area (Å²) in [5.41, 5.74) is 0.0377. The van der Waals surface area contributed by atoms with Gasteiger partial charge in [-0.05, 0) is 18.1 Å². The highest BCUT2D eigenvalue weighted by atomic mass is 16.2. The van der Waals surface area contributed by atoms with E-state index in [2.05, 4.69) is 0 Å². The molecule has 3 heteroatoms. The molecule has 0 spiro atoms. The molecular weight excluding hydrogens is 300 g/mol. The van der Waals surface area contributed by atoms with Crippen LogP contribution in [0.3, 0.4) is 0 Å². The van der Waals surface area contributed by atoms with Crippen molar-refractivity contribution in [1.82, 2.24) is 0 Å². The van der Waals surface area contributed by atoms with E-state index in [1.807, 2.05) is 60.7 Å². The first-order valence-electron chi connectivity index (χ1n) is 8.16. The third-order valence-corrected chi connectivity index (χ3v) is 4.41. The maximum Gasteiger partial charge on any atom is 0.157 e. The van der Waals surface area contributed by atoms with Crippen LogP contribution >= 0.6 is 0 Å². The average Bonchev–Trinajstić information content (AvgIpc) is 2.61. The van der Waals surface area contributed by atoms with Gasteiger partial charge in [0.1, 0.15) is 5.41 Å². The molecule has 2 aromatic rings. The minimum absolute atomic E-state index is 0.0869. The quantitative estimate of drug-likeness (QED) is 0.698. The van der Waals surface area contributed by atoms with Crippen LogP contribution < -0.4 is 0 Å². The van der Waals surface area contributed by atoms with E-state index in [1.165, 1.54) is 6.92 Å². The second kappa shape index (κ2) is 7.82. The molecule has 124 valence electrons. The van der Waals surface area contributed by atoms with Gasteiger partial charge in [-0.25, -0.2) is 0 Å². The predicted octanol–water partition coefficient (Wildman–Crippen LogP) is 3.60. The summed E-state index contributed by atoms with van der Waals surface area (Å²) in [6.45, 7) is 3.17. The second-order valence-corrected chi connectivity index (χ2v) is 6.07. The summed E-state index contributed by atoms with van der Waals surface area (Å²) in [5.74, 6) is -0.979. The van der Waals surface area contributed by atoms with Crippen molar-refractivity contribution in [1.29, 1.82) is 0 Å². The molecule has 0 amide bonds. The molecule has 0 atom stereocenters. The number of hydrogen-bond donors (Lipinski definition) is 0. The molecule has 2 rings (SSSR count). The summed E-state index contributed by atoms with van der Waals surface area (Å²) in [6, 6.07) is 18.4. The number of benzene rings is 2. The Bertz CT molecular complexity index is 664. The molecule has 0 aliphatic rings. The van der Waals surface area contributed by atoms with Crippen LogP contribution in [-0.4, -0.2) is 17.3 Å². The molecule has 0 heterocycles. The maximum absolute atomic E-state index is 12.8. The first-order valence-corrected chi connectivity index (χ1v) is 8.16. The van der Waals surface area contributed by atoms with Crippen LogP contribution in [0.4, 0.5) is 0 Å².